The van der Waals surface area contributed by atoms with Gasteiger partial charge in [0.1, 0.15) is 0 Å². The molecule has 3 nitrogen and oxygen atoms in total. The van der Waals surface area contributed by atoms with Gasteiger partial charge in [0.25, 0.3) is 0 Å². The highest BCUT2D eigenvalue weighted by molar-refractivity contribution is 7.26. The summed E-state index contributed by atoms with van der Waals surface area (Å²) < 4.78 is 4.95. The van der Waals surface area contributed by atoms with E-state index in [1.165, 1.54) is 53.5 Å². The van der Waals surface area contributed by atoms with E-state index in [9.17, 15) is 0 Å². The molecule has 5 aromatic carbocycles. The third-order valence-corrected chi connectivity index (χ3v) is 9.99. The van der Waals surface area contributed by atoms with Crippen molar-refractivity contribution in [2.75, 3.05) is 0 Å². The van der Waals surface area contributed by atoms with E-state index in [1.54, 1.807) is 0 Å². The lowest BCUT2D eigenvalue weighted by atomic mass is 9.81. The maximum Gasteiger partial charge on any atom is 0.235 e. The van der Waals surface area contributed by atoms with Crippen molar-refractivity contribution in [1.29, 1.82) is 0 Å². The lowest BCUT2D eigenvalue weighted by Crippen LogP contribution is -2.14. The Hall–Kier alpha value is -4.80. The average Bonchev–Trinajstić information content (AvgIpc) is 3.64. The summed E-state index contributed by atoms with van der Waals surface area (Å²) in [6.45, 7) is 4.71. The molecule has 0 fully saturated rings. The van der Waals surface area contributed by atoms with Crippen LogP contribution in [0.4, 0.5) is 0 Å². The van der Waals surface area contributed by atoms with Crippen LogP contribution in [0.2, 0.25) is 0 Å². The zero-order valence-corrected chi connectivity index (χ0v) is 23.5. The molecule has 0 saturated heterocycles. The van der Waals surface area contributed by atoms with Gasteiger partial charge in [-0.1, -0.05) is 117 Å². The quantitative estimate of drug-likeness (QED) is 0.217. The predicted molar refractivity (Wildman–Crippen MR) is 172 cm³/mol. The first kappa shape index (κ1) is 23.0. The van der Waals surface area contributed by atoms with Gasteiger partial charge in [-0.25, -0.2) is 9.97 Å². The minimum absolute atomic E-state index is 0.154. The molecular formula is C37H25N3S. The Morgan fingerprint density at radius 1 is 0.634 bits per heavy atom. The molecule has 0 bridgehead atoms. The lowest BCUT2D eigenvalue weighted by Gasteiger charge is -2.21. The molecule has 0 unspecified atom stereocenters. The largest absolute Gasteiger partial charge is 0.276 e. The van der Waals surface area contributed by atoms with Gasteiger partial charge in [0.2, 0.25) is 5.95 Å². The fourth-order valence-electron chi connectivity index (χ4n) is 6.99. The first-order valence-electron chi connectivity index (χ1n) is 14.0. The summed E-state index contributed by atoms with van der Waals surface area (Å²) in [6.07, 6.45) is 0. The van der Waals surface area contributed by atoms with Gasteiger partial charge >= 0.3 is 0 Å². The Kier molecular flexibility index (Phi) is 4.55. The molecule has 41 heavy (non-hydrogen) atoms. The normalized spacial score (nSPS) is 13.8. The van der Waals surface area contributed by atoms with Crippen molar-refractivity contribution >= 4 is 53.3 Å². The lowest BCUT2D eigenvalue weighted by molar-refractivity contribution is 0.666. The standard InChI is InChI=1S/C37H25N3S/c1-37(2)28-17-9-6-15-25(28)33-31(37)27-21-20-24-23-14-8-11-19-30(23)41-35(24)34(27)40(33)36-38-29-18-10-7-16-26(29)32(39-36)22-12-4-3-5-13-22/h3-21H,1-2H3. The van der Waals surface area contributed by atoms with Crippen LogP contribution in [0, 0.1) is 0 Å². The van der Waals surface area contributed by atoms with Gasteiger partial charge < -0.3 is 0 Å². The summed E-state index contributed by atoms with van der Waals surface area (Å²) in [6, 6.07) is 41.1. The van der Waals surface area contributed by atoms with E-state index in [4.69, 9.17) is 9.97 Å². The molecule has 0 aliphatic heterocycles. The molecule has 0 spiro atoms. The minimum Gasteiger partial charge on any atom is -0.276 e. The highest BCUT2D eigenvalue weighted by Crippen LogP contribution is 2.55. The van der Waals surface area contributed by atoms with E-state index < -0.39 is 0 Å². The van der Waals surface area contributed by atoms with Gasteiger partial charge in [0, 0.05) is 42.8 Å². The number of thiophene rings is 1. The number of fused-ring (bicyclic) bond motifs is 10. The minimum atomic E-state index is -0.154. The van der Waals surface area contributed by atoms with Gasteiger partial charge in [0.15, 0.2) is 0 Å². The average molecular weight is 544 g/mol. The Balaban J connectivity index is 1.50. The van der Waals surface area contributed by atoms with Gasteiger partial charge in [-0.15, -0.1) is 11.3 Å². The summed E-state index contributed by atoms with van der Waals surface area (Å²) in [5.41, 5.74) is 9.21. The molecule has 0 saturated carbocycles. The molecule has 1 aliphatic rings. The van der Waals surface area contributed by atoms with Gasteiger partial charge in [-0.2, -0.15) is 0 Å². The zero-order chi connectivity index (χ0) is 27.3. The van der Waals surface area contributed by atoms with Gasteiger partial charge in [-0.05, 0) is 23.3 Å². The highest BCUT2D eigenvalue weighted by atomic mass is 32.1. The second-order valence-corrected chi connectivity index (χ2v) is 12.5. The van der Waals surface area contributed by atoms with Gasteiger partial charge in [-0.3, -0.25) is 4.57 Å². The number of hydrogen-bond acceptors (Lipinski definition) is 3. The van der Waals surface area contributed by atoms with Gasteiger partial charge in [0.05, 0.1) is 27.1 Å². The topological polar surface area (TPSA) is 30.7 Å². The fraction of sp³-hybridized carbons (Fsp3) is 0.0811. The van der Waals surface area contributed by atoms with E-state index in [1.807, 2.05) is 11.3 Å². The smallest absolute Gasteiger partial charge is 0.235 e. The second kappa shape index (κ2) is 8.12. The highest BCUT2D eigenvalue weighted by Gasteiger charge is 2.41. The molecule has 3 aromatic heterocycles. The number of nitrogens with zero attached hydrogens (tertiary/aromatic N) is 3. The molecule has 0 radical (unpaired) electrons. The maximum atomic E-state index is 5.38. The maximum absolute atomic E-state index is 5.38. The summed E-state index contributed by atoms with van der Waals surface area (Å²) in [5.74, 6) is 0.714. The number of benzene rings is 5. The Labute approximate surface area is 241 Å². The summed E-state index contributed by atoms with van der Waals surface area (Å²) >= 11 is 1.87. The number of rotatable bonds is 2. The van der Waals surface area contributed by atoms with Crippen molar-refractivity contribution < 1.29 is 0 Å². The van der Waals surface area contributed by atoms with Crippen LogP contribution in [0.5, 0.6) is 0 Å². The van der Waals surface area contributed by atoms with Crippen molar-refractivity contribution in [3.8, 4) is 28.5 Å². The van der Waals surface area contributed by atoms with Crippen LogP contribution in [0.1, 0.15) is 25.0 Å². The summed E-state index contributed by atoms with van der Waals surface area (Å²) in [5, 5.41) is 4.92. The molecule has 4 heteroatoms. The van der Waals surface area contributed by atoms with Crippen molar-refractivity contribution in [1.82, 2.24) is 14.5 Å². The third-order valence-electron chi connectivity index (χ3n) is 8.79. The van der Waals surface area contributed by atoms with E-state index in [-0.39, 0.29) is 5.41 Å². The van der Waals surface area contributed by atoms with Crippen molar-refractivity contribution in [3.63, 3.8) is 0 Å². The monoisotopic (exact) mass is 543 g/mol. The van der Waals surface area contributed by atoms with E-state index in [0.717, 1.165) is 22.2 Å². The Morgan fingerprint density at radius 3 is 2.22 bits per heavy atom. The first-order chi connectivity index (χ1) is 20.1. The molecule has 0 N–H and O–H groups in total. The third kappa shape index (κ3) is 3.03. The molecule has 8 aromatic rings. The van der Waals surface area contributed by atoms with Crippen molar-refractivity contribution in [2.24, 2.45) is 0 Å². The summed E-state index contributed by atoms with van der Waals surface area (Å²) in [4.78, 5) is 10.6. The number of para-hydroxylation sites is 1. The molecule has 3 heterocycles. The van der Waals surface area contributed by atoms with Crippen LogP contribution < -0.4 is 0 Å². The van der Waals surface area contributed by atoms with E-state index in [0.29, 0.717) is 5.95 Å². The molecular weight excluding hydrogens is 518 g/mol. The molecule has 9 rings (SSSR count). The molecule has 1 aliphatic carbocycles. The van der Waals surface area contributed by atoms with Crippen LogP contribution in [0.15, 0.2) is 115 Å². The zero-order valence-electron chi connectivity index (χ0n) is 22.7. The molecule has 0 amide bonds. The van der Waals surface area contributed by atoms with Crippen molar-refractivity contribution in [3.05, 3.63) is 126 Å². The second-order valence-electron chi connectivity index (χ2n) is 11.4. The van der Waals surface area contributed by atoms with E-state index in [2.05, 4.69) is 134 Å². The summed E-state index contributed by atoms with van der Waals surface area (Å²) in [7, 11) is 0. The van der Waals surface area contributed by atoms with Crippen LogP contribution in [-0.4, -0.2) is 14.5 Å². The Bertz CT molecular complexity index is 2340. The molecule has 194 valence electrons. The fourth-order valence-corrected chi connectivity index (χ4v) is 8.23. The van der Waals surface area contributed by atoms with Crippen LogP contribution in [0.3, 0.4) is 0 Å². The number of hydrogen-bond donors (Lipinski definition) is 0. The van der Waals surface area contributed by atoms with Crippen LogP contribution in [0.25, 0.3) is 70.4 Å². The Morgan fingerprint density at radius 2 is 1.34 bits per heavy atom. The SMILES string of the molecule is CC1(C)c2ccccc2-c2c1c1ccc3c4ccccc4sc3c1n2-c1nc(-c2ccccc2)c2ccccc2n1. The van der Waals surface area contributed by atoms with Crippen LogP contribution >= 0.6 is 11.3 Å². The van der Waals surface area contributed by atoms with Crippen LogP contribution in [-0.2, 0) is 5.41 Å². The first-order valence-corrected chi connectivity index (χ1v) is 14.8. The van der Waals surface area contributed by atoms with E-state index >= 15 is 0 Å². The molecule has 0 atom stereocenters. The van der Waals surface area contributed by atoms with Crippen molar-refractivity contribution in [2.45, 2.75) is 19.3 Å². The number of aromatic nitrogens is 3. The predicted octanol–water partition coefficient (Wildman–Crippen LogP) is 9.91.